The Hall–Kier alpha value is -2.56. The second kappa shape index (κ2) is 7.12. The van der Waals surface area contributed by atoms with Crippen molar-refractivity contribution in [3.8, 4) is 0 Å². The summed E-state index contributed by atoms with van der Waals surface area (Å²) in [6.45, 7) is 1.35. The molecule has 10 heteroatoms. The van der Waals surface area contributed by atoms with E-state index in [1.54, 1.807) is 18.2 Å². The minimum Gasteiger partial charge on any atom is -0.352 e. The Kier molecular flexibility index (Phi) is 4.77. The molecule has 146 valence electrons. The molecule has 4 rings (SSSR count). The number of amides is 1. The standard InChI is InChI=1S/C18H17FN4O3S2/c19-14-2-1-3-15-16(14)22-18(27-15)23-9-12(10-23)17(24)21-8-11-4-6-13(7-5-11)28(20,25)26/h1-7,12H,8-10H2,(H,21,24)(H2,20,25,26). The fourth-order valence-corrected chi connectivity index (χ4v) is 4.48. The Morgan fingerprint density at radius 3 is 2.61 bits per heavy atom. The van der Waals surface area contributed by atoms with Crippen LogP contribution in [0.4, 0.5) is 9.52 Å². The van der Waals surface area contributed by atoms with E-state index in [1.165, 1.54) is 29.5 Å². The zero-order valence-electron chi connectivity index (χ0n) is 14.6. The van der Waals surface area contributed by atoms with E-state index in [1.807, 2.05) is 11.0 Å². The molecule has 28 heavy (non-hydrogen) atoms. The maximum atomic E-state index is 13.8. The molecule has 1 aliphatic heterocycles. The smallest absolute Gasteiger partial charge is 0.238 e. The number of fused-ring (bicyclic) bond motifs is 1. The number of primary sulfonamides is 1. The van der Waals surface area contributed by atoms with Crippen molar-refractivity contribution in [2.45, 2.75) is 11.4 Å². The molecule has 2 aromatic carbocycles. The van der Waals surface area contributed by atoms with Crippen LogP contribution in [-0.4, -0.2) is 32.4 Å². The third-order valence-corrected chi connectivity index (χ3v) is 6.61. The van der Waals surface area contributed by atoms with Crippen LogP contribution in [0.3, 0.4) is 0 Å². The van der Waals surface area contributed by atoms with Crippen LogP contribution in [0.15, 0.2) is 47.4 Å². The predicted molar refractivity (Wildman–Crippen MR) is 105 cm³/mol. The lowest BCUT2D eigenvalue weighted by molar-refractivity contribution is -0.125. The second-order valence-electron chi connectivity index (χ2n) is 6.59. The number of rotatable bonds is 5. The zero-order valence-corrected chi connectivity index (χ0v) is 16.3. The number of benzene rings is 2. The number of halogens is 1. The highest BCUT2D eigenvalue weighted by atomic mass is 32.2. The van der Waals surface area contributed by atoms with Crippen LogP contribution in [0.25, 0.3) is 10.2 Å². The highest BCUT2D eigenvalue weighted by Gasteiger charge is 2.34. The van der Waals surface area contributed by atoms with Crippen LogP contribution >= 0.6 is 11.3 Å². The Morgan fingerprint density at radius 1 is 1.25 bits per heavy atom. The Labute approximate surface area is 165 Å². The highest BCUT2D eigenvalue weighted by molar-refractivity contribution is 7.89. The molecule has 0 radical (unpaired) electrons. The third kappa shape index (κ3) is 3.71. The molecule has 1 aromatic heterocycles. The van der Waals surface area contributed by atoms with Crippen LogP contribution < -0.4 is 15.4 Å². The van der Waals surface area contributed by atoms with Crippen molar-refractivity contribution in [2.75, 3.05) is 18.0 Å². The van der Waals surface area contributed by atoms with Gasteiger partial charge in [-0.3, -0.25) is 4.79 Å². The number of hydrogen-bond acceptors (Lipinski definition) is 6. The fraction of sp³-hybridized carbons (Fsp3) is 0.222. The number of carbonyl (C=O) groups is 1. The third-order valence-electron chi connectivity index (χ3n) is 4.60. The van der Waals surface area contributed by atoms with Crippen molar-refractivity contribution in [3.63, 3.8) is 0 Å². The van der Waals surface area contributed by atoms with Gasteiger partial charge in [-0.1, -0.05) is 29.5 Å². The van der Waals surface area contributed by atoms with Gasteiger partial charge in [-0.2, -0.15) is 0 Å². The van der Waals surface area contributed by atoms with Crippen molar-refractivity contribution >= 4 is 42.6 Å². The van der Waals surface area contributed by atoms with E-state index in [4.69, 9.17) is 5.14 Å². The number of sulfonamides is 1. The van der Waals surface area contributed by atoms with Crippen molar-refractivity contribution < 1.29 is 17.6 Å². The summed E-state index contributed by atoms with van der Waals surface area (Å²) < 4.78 is 37.0. The molecule has 1 amide bonds. The van der Waals surface area contributed by atoms with Gasteiger partial charge in [-0.05, 0) is 29.8 Å². The molecule has 1 fully saturated rings. The van der Waals surface area contributed by atoms with Gasteiger partial charge in [0.25, 0.3) is 0 Å². The second-order valence-corrected chi connectivity index (χ2v) is 9.16. The Morgan fingerprint density at radius 2 is 1.96 bits per heavy atom. The number of nitrogens with two attached hydrogens (primary N) is 1. The molecular formula is C18H17FN4O3S2. The highest BCUT2D eigenvalue weighted by Crippen LogP contribution is 2.33. The lowest BCUT2D eigenvalue weighted by Crippen LogP contribution is -2.53. The minimum absolute atomic E-state index is 0.0319. The first-order chi connectivity index (χ1) is 13.3. The summed E-state index contributed by atoms with van der Waals surface area (Å²) in [6, 6.07) is 10.9. The quantitative estimate of drug-likeness (QED) is 0.655. The predicted octanol–water partition coefficient (Wildman–Crippen LogP) is 1.84. The van der Waals surface area contributed by atoms with Gasteiger partial charge >= 0.3 is 0 Å². The largest absolute Gasteiger partial charge is 0.352 e. The topological polar surface area (TPSA) is 105 Å². The van der Waals surface area contributed by atoms with Gasteiger partial charge < -0.3 is 10.2 Å². The molecule has 3 N–H and O–H groups in total. The Bertz CT molecular complexity index is 1140. The average molecular weight is 420 g/mol. The minimum atomic E-state index is -3.73. The fourth-order valence-electron chi connectivity index (χ4n) is 2.97. The van der Waals surface area contributed by atoms with E-state index in [-0.39, 0.29) is 22.5 Å². The van der Waals surface area contributed by atoms with E-state index in [2.05, 4.69) is 10.3 Å². The van der Waals surface area contributed by atoms with Gasteiger partial charge in [0.1, 0.15) is 11.3 Å². The van der Waals surface area contributed by atoms with Gasteiger partial charge in [0, 0.05) is 19.6 Å². The van der Waals surface area contributed by atoms with Crippen molar-refractivity contribution in [3.05, 3.63) is 53.8 Å². The summed E-state index contributed by atoms with van der Waals surface area (Å²) in [5, 5.41) is 8.62. The SMILES string of the molecule is NS(=O)(=O)c1ccc(CNC(=O)C2CN(c3nc4c(F)cccc4s3)C2)cc1. The number of aromatic nitrogens is 1. The van der Waals surface area contributed by atoms with Gasteiger partial charge in [-0.15, -0.1) is 0 Å². The zero-order chi connectivity index (χ0) is 19.9. The molecule has 1 saturated heterocycles. The van der Waals surface area contributed by atoms with Gasteiger partial charge in [-0.25, -0.2) is 22.9 Å². The maximum absolute atomic E-state index is 13.8. The summed E-state index contributed by atoms with van der Waals surface area (Å²) in [5.41, 5.74) is 1.14. The van der Waals surface area contributed by atoms with E-state index in [9.17, 15) is 17.6 Å². The first-order valence-electron chi connectivity index (χ1n) is 8.51. The van der Waals surface area contributed by atoms with Crippen LogP contribution in [0.1, 0.15) is 5.56 Å². The van der Waals surface area contributed by atoms with E-state index >= 15 is 0 Å². The summed E-state index contributed by atoms with van der Waals surface area (Å²) in [6.07, 6.45) is 0. The molecule has 0 unspecified atom stereocenters. The number of hydrogen-bond donors (Lipinski definition) is 2. The van der Waals surface area contributed by atoms with Crippen molar-refractivity contribution in [1.82, 2.24) is 10.3 Å². The molecule has 2 heterocycles. The van der Waals surface area contributed by atoms with Crippen LogP contribution in [0.5, 0.6) is 0 Å². The number of anilines is 1. The molecule has 0 spiro atoms. The van der Waals surface area contributed by atoms with E-state index < -0.39 is 10.0 Å². The van der Waals surface area contributed by atoms with Crippen LogP contribution in [-0.2, 0) is 21.4 Å². The van der Waals surface area contributed by atoms with Gasteiger partial charge in [0.2, 0.25) is 15.9 Å². The van der Waals surface area contributed by atoms with Gasteiger partial charge in [0.15, 0.2) is 5.13 Å². The molecule has 0 aliphatic carbocycles. The molecule has 3 aromatic rings. The van der Waals surface area contributed by atoms with Crippen LogP contribution in [0.2, 0.25) is 0 Å². The summed E-state index contributed by atoms with van der Waals surface area (Å²) in [7, 11) is -3.73. The first kappa shape index (κ1) is 18.8. The van der Waals surface area contributed by atoms with Crippen molar-refractivity contribution in [1.29, 1.82) is 0 Å². The number of nitrogens with one attached hydrogen (secondary N) is 1. The molecular weight excluding hydrogens is 403 g/mol. The van der Waals surface area contributed by atoms with Crippen LogP contribution in [0, 0.1) is 11.7 Å². The number of thiazole rings is 1. The number of nitrogens with zero attached hydrogens (tertiary/aromatic N) is 2. The summed E-state index contributed by atoms with van der Waals surface area (Å²) in [5.74, 6) is -0.595. The monoisotopic (exact) mass is 420 g/mol. The Balaban J connectivity index is 1.32. The first-order valence-corrected chi connectivity index (χ1v) is 10.9. The normalized spacial score (nSPS) is 14.9. The summed E-state index contributed by atoms with van der Waals surface area (Å²) in [4.78, 5) is 18.6. The van der Waals surface area contributed by atoms with Gasteiger partial charge in [0.05, 0.1) is 15.5 Å². The molecule has 7 nitrogen and oxygen atoms in total. The van der Waals surface area contributed by atoms with Crippen molar-refractivity contribution in [2.24, 2.45) is 11.1 Å². The molecule has 1 aliphatic rings. The lowest BCUT2D eigenvalue weighted by Gasteiger charge is -2.37. The molecule has 0 atom stereocenters. The molecule has 0 bridgehead atoms. The van der Waals surface area contributed by atoms with E-state index in [0.29, 0.717) is 30.3 Å². The van der Waals surface area contributed by atoms with E-state index in [0.717, 1.165) is 10.3 Å². The summed E-state index contributed by atoms with van der Waals surface area (Å²) >= 11 is 1.41. The number of carbonyl (C=O) groups excluding carboxylic acids is 1. The lowest BCUT2D eigenvalue weighted by atomic mass is 10.00. The number of para-hydroxylation sites is 1. The molecule has 0 saturated carbocycles. The average Bonchev–Trinajstić information content (AvgIpc) is 3.03. The maximum Gasteiger partial charge on any atom is 0.238 e.